The lowest BCUT2D eigenvalue weighted by Crippen LogP contribution is -2.61. The van der Waals surface area contributed by atoms with Crippen molar-refractivity contribution in [3.05, 3.63) is 97.2 Å². The molecule has 0 radical (unpaired) electrons. The zero-order chi connectivity index (χ0) is 27.5. The minimum absolute atomic E-state index is 0.0817. The van der Waals surface area contributed by atoms with E-state index in [0.717, 1.165) is 11.6 Å². The van der Waals surface area contributed by atoms with Crippen molar-refractivity contribution in [1.82, 2.24) is 14.5 Å². The minimum Gasteiger partial charge on any atom is -0.445 e. The van der Waals surface area contributed by atoms with E-state index >= 15 is 4.39 Å². The van der Waals surface area contributed by atoms with Gasteiger partial charge in [0.15, 0.2) is 0 Å². The molecule has 11 heteroatoms. The Morgan fingerprint density at radius 1 is 1.10 bits per heavy atom. The maximum absolute atomic E-state index is 15.1. The van der Waals surface area contributed by atoms with Crippen LogP contribution in [0, 0.1) is 24.0 Å². The molecule has 1 amide bonds. The molecule has 200 valence electrons. The number of halogens is 3. The van der Waals surface area contributed by atoms with Gasteiger partial charge < -0.3 is 9.64 Å². The third-order valence-electron chi connectivity index (χ3n) is 7.24. The van der Waals surface area contributed by atoms with Crippen LogP contribution in [0.25, 0.3) is 22.0 Å². The Bertz CT molecular complexity index is 1770. The lowest BCUT2D eigenvalue weighted by Gasteiger charge is -2.48. The summed E-state index contributed by atoms with van der Waals surface area (Å²) >= 11 is 7.39. The number of aryl methyl sites for hydroxylation is 1. The van der Waals surface area contributed by atoms with E-state index in [4.69, 9.17) is 16.3 Å². The predicted molar refractivity (Wildman–Crippen MR) is 145 cm³/mol. The maximum atomic E-state index is 15.1. The molecule has 1 fully saturated rings. The zero-order valence-corrected chi connectivity index (χ0v) is 22.3. The molecule has 0 atom stereocenters. The van der Waals surface area contributed by atoms with Gasteiger partial charge in [-0.1, -0.05) is 41.9 Å². The van der Waals surface area contributed by atoms with Crippen molar-refractivity contribution in [2.45, 2.75) is 25.0 Å². The highest BCUT2D eigenvalue weighted by Crippen LogP contribution is 2.47. The van der Waals surface area contributed by atoms with Crippen molar-refractivity contribution in [3.63, 3.8) is 0 Å². The number of carbonyl (C=O) groups is 1. The van der Waals surface area contributed by atoms with Crippen molar-refractivity contribution in [1.29, 1.82) is 0 Å². The van der Waals surface area contributed by atoms with Gasteiger partial charge in [-0.05, 0) is 30.2 Å². The SMILES string of the molecule is Cc1cc2c(=O)[nH]c(=O)n3c2c(c1-c1cc(Cl)c(F)cc1F)SCC1(CN(C(=O)OCc2ccccc2)C1)C3. The summed E-state index contributed by atoms with van der Waals surface area (Å²) in [6.45, 7) is 2.82. The van der Waals surface area contributed by atoms with Crippen LogP contribution in [0.2, 0.25) is 5.02 Å². The summed E-state index contributed by atoms with van der Waals surface area (Å²) in [6, 6.07) is 12.9. The number of aromatic amines is 1. The summed E-state index contributed by atoms with van der Waals surface area (Å²) in [5, 5.41) is 0.0580. The number of likely N-dealkylation sites (tertiary alicyclic amines) is 1. The summed E-state index contributed by atoms with van der Waals surface area (Å²) < 4.78 is 36.0. The first kappa shape index (κ1) is 25.6. The molecule has 1 N–H and O–H groups in total. The topological polar surface area (TPSA) is 84.4 Å². The van der Waals surface area contributed by atoms with Crippen molar-refractivity contribution in [2.75, 3.05) is 18.8 Å². The van der Waals surface area contributed by atoms with Crippen molar-refractivity contribution < 1.29 is 18.3 Å². The molecule has 0 saturated carbocycles. The Kier molecular flexibility index (Phi) is 6.27. The van der Waals surface area contributed by atoms with Crippen LogP contribution in [-0.4, -0.2) is 39.4 Å². The van der Waals surface area contributed by atoms with E-state index in [-0.39, 0.29) is 23.7 Å². The first-order valence-corrected chi connectivity index (χ1v) is 13.6. The second-order valence-electron chi connectivity index (χ2n) is 10.1. The second kappa shape index (κ2) is 9.53. The van der Waals surface area contributed by atoms with Crippen LogP contribution < -0.4 is 11.2 Å². The molecule has 39 heavy (non-hydrogen) atoms. The predicted octanol–water partition coefficient (Wildman–Crippen LogP) is 5.34. The standard InChI is InChI=1S/C28H22ClF2N3O4S/c1-15-7-18-23-24(22(15)17-8-19(29)21(31)9-20(17)30)39-14-28(13-34(23)26(36)32-25(18)35)11-33(12-28)27(37)38-10-16-5-3-2-4-6-16/h2-9H,10-14H2,1H3,(H,32,35,36). The van der Waals surface area contributed by atoms with Gasteiger partial charge in [-0.25, -0.2) is 18.4 Å². The normalized spacial score (nSPS) is 15.7. The monoisotopic (exact) mass is 569 g/mol. The number of aromatic nitrogens is 2. The third-order valence-corrected chi connectivity index (χ3v) is 8.98. The van der Waals surface area contributed by atoms with Crippen LogP contribution >= 0.6 is 23.4 Å². The lowest BCUT2D eigenvalue weighted by atomic mass is 9.81. The number of amides is 1. The van der Waals surface area contributed by atoms with Gasteiger partial charge in [0.05, 0.1) is 15.9 Å². The summed E-state index contributed by atoms with van der Waals surface area (Å²) in [4.78, 5) is 43.1. The van der Waals surface area contributed by atoms with Crippen molar-refractivity contribution in [2.24, 2.45) is 5.41 Å². The zero-order valence-electron chi connectivity index (χ0n) is 20.7. The Morgan fingerprint density at radius 2 is 1.85 bits per heavy atom. The van der Waals surface area contributed by atoms with E-state index in [0.29, 0.717) is 45.8 Å². The molecule has 0 aliphatic carbocycles. The van der Waals surface area contributed by atoms with Crippen molar-refractivity contribution >= 4 is 40.4 Å². The fourth-order valence-corrected chi connectivity index (χ4v) is 7.05. The molecule has 1 aromatic heterocycles. The van der Waals surface area contributed by atoms with Crippen LogP contribution in [-0.2, 0) is 17.9 Å². The Morgan fingerprint density at radius 3 is 2.59 bits per heavy atom. The highest BCUT2D eigenvalue weighted by molar-refractivity contribution is 7.99. The average Bonchev–Trinajstić information content (AvgIpc) is 3.07. The molecule has 2 aliphatic heterocycles. The highest BCUT2D eigenvalue weighted by Gasteiger charge is 2.48. The molecule has 1 saturated heterocycles. The Hall–Kier alpha value is -3.63. The van der Waals surface area contributed by atoms with Gasteiger partial charge in [0.2, 0.25) is 0 Å². The van der Waals surface area contributed by atoms with Gasteiger partial charge in [-0.3, -0.25) is 14.3 Å². The maximum Gasteiger partial charge on any atom is 0.410 e. The summed E-state index contributed by atoms with van der Waals surface area (Å²) in [6.07, 6.45) is -0.449. The Labute approximate surface area is 230 Å². The second-order valence-corrected chi connectivity index (χ2v) is 11.5. The van der Waals surface area contributed by atoms with E-state index in [1.165, 1.54) is 22.4 Å². The molecule has 3 heterocycles. The number of hydrogen-bond donors (Lipinski definition) is 1. The molecule has 0 unspecified atom stereocenters. The van der Waals surface area contributed by atoms with E-state index in [1.807, 2.05) is 30.3 Å². The fraction of sp³-hybridized carbons (Fsp3) is 0.250. The van der Waals surface area contributed by atoms with Crippen LogP contribution in [0.3, 0.4) is 0 Å². The minimum atomic E-state index is -0.879. The van der Waals surface area contributed by atoms with E-state index < -0.39 is 34.4 Å². The third kappa shape index (κ3) is 4.41. The number of H-pyrrole nitrogens is 1. The van der Waals surface area contributed by atoms with Gasteiger partial charge in [-0.2, -0.15) is 0 Å². The molecule has 2 aliphatic rings. The van der Waals surface area contributed by atoms with Crippen LogP contribution in [0.4, 0.5) is 13.6 Å². The summed E-state index contributed by atoms with van der Waals surface area (Å²) in [7, 11) is 0. The summed E-state index contributed by atoms with van der Waals surface area (Å²) in [5.74, 6) is -1.19. The van der Waals surface area contributed by atoms with Crippen molar-refractivity contribution in [3.8, 4) is 11.1 Å². The number of ether oxygens (including phenoxy) is 1. The van der Waals surface area contributed by atoms with Gasteiger partial charge in [-0.15, -0.1) is 11.8 Å². The van der Waals surface area contributed by atoms with Crippen LogP contribution in [0.15, 0.2) is 63.0 Å². The molecular weight excluding hydrogens is 548 g/mol. The number of nitrogens with one attached hydrogen (secondary N) is 1. The average molecular weight is 570 g/mol. The molecular formula is C28H22ClF2N3O4S. The number of benzene rings is 3. The number of thioether (sulfide) groups is 1. The van der Waals surface area contributed by atoms with Gasteiger partial charge in [0.25, 0.3) is 5.56 Å². The number of nitrogens with zero attached hydrogens (tertiary/aromatic N) is 2. The number of carbonyl (C=O) groups excluding carboxylic acids is 1. The smallest absolute Gasteiger partial charge is 0.410 e. The quantitative estimate of drug-likeness (QED) is 0.337. The molecule has 3 aromatic carbocycles. The van der Waals surface area contributed by atoms with Gasteiger partial charge in [0.1, 0.15) is 18.2 Å². The number of rotatable bonds is 3. The molecule has 6 rings (SSSR count). The first-order valence-electron chi connectivity index (χ1n) is 12.2. The fourth-order valence-electron chi connectivity index (χ4n) is 5.39. The van der Waals surface area contributed by atoms with E-state index in [2.05, 4.69) is 4.98 Å². The molecule has 7 nitrogen and oxygen atoms in total. The van der Waals surface area contributed by atoms with E-state index in [1.54, 1.807) is 17.9 Å². The molecule has 1 spiro atoms. The van der Waals surface area contributed by atoms with Gasteiger partial charge in [0, 0.05) is 52.9 Å². The summed E-state index contributed by atoms with van der Waals surface area (Å²) in [5.41, 5.74) is 0.756. The lowest BCUT2D eigenvalue weighted by molar-refractivity contribution is -0.00179. The molecule has 0 bridgehead atoms. The highest BCUT2D eigenvalue weighted by atomic mass is 35.5. The van der Waals surface area contributed by atoms with Crippen LogP contribution in [0.5, 0.6) is 0 Å². The Balaban J connectivity index is 1.37. The largest absolute Gasteiger partial charge is 0.445 e. The van der Waals surface area contributed by atoms with Gasteiger partial charge >= 0.3 is 11.8 Å². The first-order chi connectivity index (χ1) is 18.7. The van der Waals surface area contributed by atoms with Crippen LogP contribution in [0.1, 0.15) is 11.1 Å². The van der Waals surface area contributed by atoms with E-state index in [9.17, 15) is 18.8 Å². The molecule has 4 aromatic rings. The number of hydrogen-bond acceptors (Lipinski definition) is 5.